The minimum atomic E-state index is -0.255. The Morgan fingerprint density at radius 1 is 0.978 bits per heavy atom. The van der Waals surface area contributed by atoms with Gasteiger partial charge in [0.25, 0.3) is 5.91 Å². The van der Waals surface area contributed by atoms with Crippen LogP contribution in [0.2, 0.25) is 0 Å². The smallest absolute Gasteiger partial charge is 0.251 e. The van der Waals surface area contributed by atoms with E-state index in [9.17, 15) is 9.59 Å². The van der Waals surface area contributed by atoms with E-state index in [1.165, 1.54) is 12.8 Å². The van der Waals surface area contributed by atoms with Crippen molar-refractivity contribution in [1.29, 1.82) is 0 Å². The van der Waals surface area contributed by atoms with Crippen molar-refractivity contribution in [2.45, 2.75) is 94.5 Å². The third-order valence-corrected chi connectivity index (χ3v) is 11.4. The summed E-state index contributed by atoms with van der Waals surface area (Å²) in [5, 5.41) is 6.65. The molecule has 0 aromatic heterocycles. The van der Waals surface area contributed by atoms with Gasteiger partial charge in [0.15, 0.2) is 0 Å². The highest BCUT2D eigenvalue weighted by Crippen LogP contribution is 2.51. The lowest BCUT2D eigenvalue weighted by Gasteiger charge is -2.41. The first-order chi connectivity index (χ1) is 21.8. The zero-order valence-electron chi connectivity index (χ0n) is 27.2. The van der Waals surface area contributed by atoms with E-state index < -0.39 is 0 Å². The molecule has 3 aliphatic carbocycles. The second-order valence-corrected chi connectivity index (χ2v) is 14.3. The van der Waals surface area contributed by atoms with Crippen LogP contribution in [-0.4, -0.2) is 128 Å². The molecule has 1 aromatic rings. The molecule has 11 nitrogen and oxygen atoms in total. The Kier molecular flexibility index (Phi) is 8.60. The lowest BCUT2D eigenvalue weighted by molar-refractivity contribution is -0.135. The van der Waals surface area contributed by atoms with E-state index in [1.807, 2.05) is 30.3 Å². The minimum Gasteiger partial charge on any atom is -0.495 e. The number of carbonyl (C=O) groups is 2. The molecule has 5 fully saturated rings. The zero-order chi connectivity index (χ0) is 31.1. The van der Waals surface area contributed by atoms with E-state index in [4.69, 9.17) is 9.73 Å². The maximum absolute atomic E-state index is 13.4. The Morgan fingerprint density at radius 3 is 2.40 bits per heavy atom. The molecule has 2 amide bonds. The number of guanidine groups is 1. The van der Waals surface area contributed by atoms with Gasteiger partial charge in [-0.3, -0.25) is 19.4 Å². The number of amides is 2. The summed E-state index contributed by atoms with van der Waals surface area (Å²) >= 11 is 0. The van der Waals surface area contributed by atoms with Crippen molar-refractivity contribution >= 4 is 29.7 Å². The number of fused-ring (bicyclic) bond motifs is 1. The first kappa shape index (κ1) is 30.6. The van der Waals surface area contributed by atoms with Gasteiger partial charge in [0.2, 0.25) is 11.9 Å². The van der Waals surface area contributed by atoms with Gasteiger partial charge in [-0.05, 0) is 76.6 Å². The molecule has 11 heteroatoms. The number of ether oxygens (including phenoxy) is 1. The highest BCUT2D eigenvalue weighted by molar-refractivity contribution is 6.03. The first-order valence-electron chi connectivity index (χ1n) is 17.2. The molecule has 1 spiro atoms. The normalized spacial score (nSPS) is 31.0. The predicted molar refractivity (Wildman–Crippen MR) is 176 cm³/mol. The van der Waals surface area contributed by atoms with Crippen LogP contribution in [0.25, 0.3) is 0 Å². The number of nitrogens with zero attached hydrogens (tertiary/aromatic N) is 6. The number of methoxy groups -OCH3 is 1. The second kappa shape index (κ2) is 12.6. The van der Waals surface area contributed by atoms with Gasteiger partial charge in [-0.25, -0.2) is 9.98 Å². The lowest BCUT2D eigenvalue weighted by Crippen LogP contribution is -2.53. The monoisotopic (exact) mass is 618 g/mol. The zero-order valence-corrected chi connectivity index (χ0v) is 27.2. The maximum atomic E-state index is 13.4. The average molecular weight is 619 g/mol. The van der Waals surface area contributed by atoms with Crippen molar-refractivity contribution in [3.8, 4) is 5.75 Å². The van der Waals surface area contributed by atoms with Gasteiger partial charge in [0.1, 0.15) is 18.0 Å². The van der Waals surface area contributed by atoms with Crippen molar-refractivity contribution < 1.29 is 14.3 Å². The fourth-order valence-electron chi connectivity index (χ4n) is 8.32. The van der Waals surface area contributed by atoms with Crippen molar-refractivity contribution in [1.82, 2.24) is 24.9 Å². The molecule has 0 bridgehead atoms. The van der Waals surface area contributed by atoms with Crippen LogP contribution in [-0.2, 0) is 4.79 Å². The van der Waals surface area contributed by atoms with Gasteiger partial charge < -0.3 is 25.2 Å². The van der Waals surface area contributed by atoms with Crippen LogP contribution >= 0.6 is 0 Å². The van der Waals surface area contributed by atoms with Crippen LogP contribution in [0.15, 0.2) is 28.2 Å². The molecule has 45 heavy (non-hydrogen) atoms. The number of rotatable bonds is 6. The largest absolute Gasteiger partial charge is 0.495 e. The van der Waals surface area contributed by atoms with Crippen LogP contribution in [0.3, 0.4) is 0 Å². The van der Waals surface area contributed by atoms with Crippen LogP contribution in [0.5, 0.6) is 5.75 Å². The number of hydrogen-bond donors (Lipinski definition) is 2. The highest BCUT2D eigenvalue weighted by atomic mass is 16.5. The molecule has 2 N–H and O–H groups in total. The maximum Gasteiger partial charge on any atom is 0.251 e. The summed E-state index contributed by atoms with van der Waals surface area (Å²) in [6, 6.07) is 6.60. The molecule has 2 atom stereocenters. The van der Waals surface area contributed by atoms with Gasteiger partial charge in [0, 0.05) is 69.7 Å². The molecule has 244 valence electrons. The summed E-state index contributed by atoms with van der Waals surface area (Å²) in [4.78, 5) is 45.9. The van der Waals surface area contributed by atoms with E-state index in [1.54, 1.807) is 13.2 Å². The molecule has 7 rings (SSSR count). The molecule has 2 unspecified atom stereocenters. The summed E-state index contributed by atoms with van der Waals surface area (Å²) in [5.74, 6) is 1.24. The van der Waals surface area contributed by atoms with Crippen LogP contribution in [0.4, 0.5) is 5.69 Å². The van der Waals surface area contributed by atoms with Crippen molar-refractivity contribution in [3.05, 3.63) is 23.8 Å². The van der Waals surface area contributed by atoms with E-state index >= 15 is 0 Å². The van der Waals surface area contributed by atoms with Gasteiger partial charge in [-0.2, -0.15) is 0 Å². The van der Waals surface area contributed by atoms with E-state index in [2.05, 4.69) is 37.4 Å². The van der Waals surface area contributed by atoms with Gasteiger partial charge in [0.05, 0.1) is 18.2 Å². The third-order valence-electron chi connectivity index (χ3n) is 11.4. The number of nitrogens with one attached hydrogen (secondary N) is 2. The fourth-order valence-corrected chi connectivity index (χ4v) is 8.32. The van der Waals surface area contributed by atoms with Gasteiger partial charge >= 0.3 is 0 Å². The molecule has 2 saturated heterocycles. The van der Waals surface area contributed by atoms with E-state index in [-0.39, 0.29) is 35.5 Å². The van der Waals surface area contributed by atoms with E-state index in [0.29, 0.717) is 35.0 Å². The highest BCUT2D eigenvalue weighted by Gasteiger charge is 2.58. The Balaban J connectivity index is 1.01. The molecule has 3 heterocycles. The molecular weight excluding hydrogens is 568 g/mol. The number of benzene rings is 1. The molecule has 6 aliphatic rings. The molecule has 3 aliphatic heterocycles. The van der Waals surface area contributed by atoms with Crippen LogP contribution < -0.4 is 15.4 Å². The minimum absolute atomic E-state index is 0.0638. The predicted octanol–water partition coefficient (Wildman–Crippen LogP) is 3.03. The standard InChI is InChI=1S/C34H50N8O3/c1-39-16-18-41(19-17-39)25-11-9-24(10-12-25)36-31(43)23-8-13-27(29(20-23)45-3)37-33-35-21-28-30(38-33)42(26-6-4-5-7-26)22-34(14-15-34)32(44)40(28)2/h8,13,20-21,24-26,28,30H,4-7,9-12,14-19,22H2,1-3H3,(H,36,43)(H,37,38)/t24-,25+,28?,30?. The Bertz CT molecular complexity index is 1320. The molecule has 0 radical (unpaired) electrons. The lowest BCUT2D eigenvalue weighted by atomic mass is 9.89. The van der Waals surface area contributed by atoms with Gasteiger partial charge in [-0.1, -0.05) is 12.8 Å². The topological polar surface area (TPSA) is 105 Å². The fraction of sp³-hybridized carbons (Fsp3) is 0.706. The van der Waals surface area contributed by atoms with Crippen LogP contribution in [0, 0.1) is 5.41 Å². The third kappa shape index (κ3) is 6.23. The summed E-state index contributed by atoms with van der Waals surface area (Å²) in [6.07, 6.45) is 12.7. The number of aliphatic imine (C=N–C) groups is 2. The molecular formula is C34H50N8O3. The number of carbonyl (C=O) groups excluding carboxylic acids is 2. The quantitative estimate of drug-likeness (QED) is 0.505. The Morgan fingerprint density at radius 2 is 1.71 bits per heavy atom. The van der Waals surface area contributed by atoms with Gasteiger partial charge in [-0.15, -0.1) is 0 Å². The first-order valence-corrected chi connectivity index (χ1v) is 17.2. The summed E-state index contributed by atoms with van der Waals surface area (Å²) < 4.78 is 5.73. The van der Waals surface area contributed by atoms with Crippen molar-refractivity contribution in [2.75, 3.05) is 59.2 Å². The van der Waals surface area contributed by atoms with Crippen molar-refractivity contribution in [2.24, 2.45) is 15.4 Å². The Labute approximate surface area is 267 Å². The van der Waals surface area contributed by atoms with Crippen LogP contribution in [0.1, 0.15) is 74.6 Å². The second-order valence-electron chi connectivity index (χ2n) is 14.3. The number of likely N-dealkylation sites (N-methyl/N-ethyl adjacent to an activating group) is 2. The number of piperazine rings is 1. The number of hydrogen-bond acceptors (Lipinski definition) is 9. The summed E-state index contributed by atoms with van der Waals surface area (Å²) in [6.45, 7) is 5.35. The Hall–Kier alpha value is -3.02. The molecule has 3 saturated carbocycles. The number of anilines is 1. The molecule has 1 aromatic carbocycles. The van der Waals surface area contributed by atoms with E-state index in [0.717, 1.165) is 84.1 Å². The SMILES string of the molecule is COc1cc(C(=O)N[C@H]2CC[C@@H](N3CCN(C)CC3)CC2)ccc1NC1=NC2C(C=N1)N(C)C(=O)C1(CC1)CN2C1CCCC1. The average Bonchev–Trinajstić information content (AvgIpc) is 3.67. The summed E-state index contributed by atoms with van der Waals surface area (Å²) in [7, 11) is 5.72. The van der Waals surface area contributed by atoms with Crippen molar-refractivity contribution in [3.63, 3.8) is 0 Å². The summed E-state index contributed by atoms with van der Waals surface area (Å²) in [5.41, 5.74) is 1.04.